The molecule has 5 rings (SSSR count). The standard InChI is InChI=1S/C25H21F6N5O3S/c26-16-2-4-17(5-3-16)40(38,39)36-12-13-1-6-18(13)21(36)23(37)33-8-14-7-20(32-11-19(14)22(27)28)15-9-34-24(35-10-15)25(29,30)31/h2-5,7,9-11,13,18,21-22H,1,6,8,12H2,(H,33,37)/t13-,18-,21-/m0/s1. The molecule has 0 bridgehead atoms. The summed E-state index contributed by atoms with van der Waals surface area (Å²) < 4.78 is 107. The number of hydrogen-bond donors (Lipinski definition) is 1. The average Bonchev–Trinajstić information content (AvgIpc) is 3.17. The van der Waals surface area contributed by atoms with Crippen LogP contribution in [0.3, 0.4) is 0 Å². The number of pyridine rings is 1. The van der Waals surface area contributed by atoms with Crippen LogP contribution in [-0.4, -0.2) is 46.2 Å². The largest absolute Gasteiger partial charge is 0.451 e. The number of nitrogens with one attached hydrogen (secondary N) is 1. The van der Waals surface area contributed by atoms with Crippen molar-refractivity contribution in [3.8, 4) is 11.3 Å². The van der Waals surface area contributed by atoms with E-state index in [0.29, 0.717) is 6.42 Å². The molecule has 1 N–H and O–H groups in total. The van der Waals surface area contributed by atoms with Gasteiger partial charge < -0.3 is 5.32 Å². The lowest BCUT2D eigenvalue weighted by atomic mass is 9.73. The van der Waals surface area contributed by atoms with E-state index < -0.39 is 58.3 Å². The van der Waals surface area contributed by atoms with E-state index in [-0.39, 0.29) is 40.1 Å². The predicted octanol–water partition coefficient (Wildman–Crippen LogP) is 4.35. The minimum absolute atomic E-state index is 0.00260. The molecule has 1 aliphatic carbocycles. The van der Waals surface area contributed by atoms with Crippen molar-refractivity contribution in [3.63, 3.8) is 0 Å². The second-order valence-electron chi connectivity index (χ2n) is 9.55. The molecule has 0 spiro atoms. The highest BCUT2D eigenvalue weighted by Crippen LogP contribution is 2.47. The molecule has 2 fully saturated rings. The predicted molar refractivity (Wildman–Crippen MR) is 127 cm³/mol. The van der Waals surface area contributed by atoms with Gasteiger partial charge in [0.1, 0.15) is 11.9 Å². The van der Waals surface area contributed by atoms with Gasteiger partial charge in [-0.15, -0.1) is 0 Å². The normalized spacial score (nSPS) is 21.2. The molecule has 1 aromatic carbocycles. The third kappa shape index (κ3) is 5.27. The van der Waals surface area contributed by atoms with Gasteiger partial charge in [-0.3, -0.25) is 9.78 Å². The number of sulfonamides is 1. The fraction of sp³-hybridized carbons (Fsp3) is 0.360. The Hall–Kier alpha value is -3.59. The topological polar surface area (TPSA) is 105 Å². The van der Waals surface area contributed by atoms with Gasteiger partial charge in [0.05, 0.1) is 10.6 Å². The molecule has 3 aromatic rings. The zero-order chi connectivity index (χ0) is 28.8. The average molecular weight is 586 g/mol. The van der Waals surface area contributed by atoms with E-state index in [1.807, 2.05) is 0 Å². The summed E-state index contributed by atoms with van der Waals surface area (Å²) in [6, 6.07) is 4.31. The summed E-state index contributed by atoms with van der Waals surface area (Å²) in [5.74, 6) is -2.99. The van der Waals surface area contributed by atoms with Crippen LogP contribution >= 0.6 is 0 Å². The summed E-state index contributed by atoms with van der Waals surface area (Å²) in [6.07, 6.45) is -3.85. The number of fused-ring (bicyclic) bond motifs is 1. The van der Waals surface area contributed by atoms with E-state index in [4.69, 9.17) is 0 Å². The van der Waals surface area contributed by atoms with Gasteiger partial charge in [-0.2, -0.15) is 17.5 Å². The summed E-state index contributed by atoms with van der Waals surface area (Å²) in [5.41, 5.74) is -0.543. The molecule has 0 radical (unpaired) electrons. The van der Waals surface area contributed by atoms with Crippen LogP contribution in [0, 0.1) is 17.7 Å². The van der Waals surface area contributed by atoms with E-state index in [9.17, 15) is 39.6 Å². The number of alkyl halides is 5. The van der Waals surface area contributed by atoms with Gasteiger partial charge in [0.25, 0.3) is 6.43 Å². The Balaban J connectivity index is 1.38. The number of amides is 1. The van der Waals surface area contributed by atoms with Crippen molar-refractivity contribution >= 4 is 15.9 Å². The second kappa shape index (κ2) is 10.4. The van der Waals surface area contributed by atoms with Crippen molar-refractivity contribution in [2.75, 3.05) is 6.54 Å². The van der Waals surface area contributed by atoms with Gasteiger partial charge in [-0.05, 0) is 60.6 Å². The number of halogens is 6. The van der Waals surface area contributed by atoms with Crippen molar-refractivity contribution in [2.45, 2.75) is 42.9 Å². The first-order chi connectivity index (χ1) is 18.9. The molecular formula is C25H21F6N5O3S. The molecule has 2 aromatic heterocycles. The van der Waals surface area contributed by atoms with Gasteiger partial charge in [0.15, 0.2) is 0 Å². The van der Waals surface area contributed by atoms with Crippen LogP contribution < -0.4 is 5.32 Å². The number of benzene rings is 1. The molecule has 3 atom stereocenters. The molecule has 1 aliphatic heterocycles. The van der Waals surface area contributed by atoms with Crippen molar-refractivity contribution in [2.24, 2.45) is 11.8 Å². The Kier molecular flexibility index (Phi) is 7.29. The fourth-order valence-corrected chi connectivity index (χ4v) is 6.71. The van der Waals surface area contributed by atoms with Crippen molar-refractivity contribution in [3.05, 3.63) is 71.7 Å². The molecular weight excluding hydrogens is 564 g/mol. The smallest absolute Gasteiger partial charge is 0.351 e. The zero-order valence-corrected chi connectivity index (χ0v) is 21.3. The molecule has 1 amide bonds. The quantitative estimate of drug-likeness (QED) is 0.414. The summed E-state index contributed by atoms with van der Waals surface area (Å²) in [7, 11) is -4.16. The third-order valence-corrected chi connectivity index (χ3v) is 9.07. The molecule has 1 saturated heterocycles. The van der Waals surface area contributed by atoms with Gasteiger partial charge in [-0.25, -0.2) is 31.6 Å². The highest BCUT2D eigenvalue weighted by molar-refractivity contribution is 7.89. The number of aromatic nitrogens is 3. The summed E-state index contributed by atoms with van der Waals surface area (Å²) in [5, 5.41) is 2.55. The first kappa shape index (κ1) is 28.0. The molecule has 15 heteroatoms. The lowest BCUT2D eigenvalue weighted by Gasteiger charge is -2.33. The Morgan fingerprint density at radius 3 is 2.30 bits per heavy atom. The SMILES string of the molecule is O=C(NCc1cc(-c2cnc(C(F)(F)F)nc2)ncc1C(F)F)[C@@H]1[C@H]2CC[C@H]2CN1S(=O)(=O)c1ccc(F)cc1. The Morgan fingerprint density at radius 2 is 1.73 bits per heavy atom. The van der Waals surface area contributed by atoms with E-state index >= 15 is 0 Å². The van der Waals surface area contributed by atoms with Gasteiger partial charge in [0, 0.05) is 42.8 Å². The molecule has 0 unspecified atom stereocenters. The highest BCUT2D eigenvalue weighted by Gasteiger charge is 2.54. The van der Waals surface area contributed by atoms with E-state index in [2.05, 4.69) is 20.3 Å². The van der Waals surface area contributed by atoms with Crippen LogP contribution in [0.15, 0.2) is 53.8 Å². The Bertz CT molecular complexity index is 1520. The Labute approximate surface area is 224 Å². The summed E-state index contributed by atoms with van der Waals surface area (Å²) >= 11 is 0. The van der Waals surface area contributed by atoms with Crippen molar-refractivity contribution in [1.29, 1.82) is 0 Å². The number of nitrogens with zero attached hydrogens (tertiary/aromatic N) is 4. The lowest BCUT2D eigenvalue weighted by Crippen LogP contribution is -2.49. The molecule has 2 aliphatic rings. The monoisotopic (exact) mass is 585 g/mol. The number of carbonyl (C=O) groups is 1. The van der Waals surface area contributed by atoms with Gasteiger partial charge >= 0.3 is 6.18 Å². The molecule has 8 nitrogen and oxygen atoms in total. The van der Waals surface area contributed by atoms with E-state index in [1.165, 1.54) is 6.07 Å². The second-order valence-corrected chi connectivity index (χ2v) is 11.4. The maximum absolute atomic E-state index is 13.7. The zero-order valence-electron chi connectivity index (χ0n) is 20.4. The van der Waals surface area contributed by atoms with E-state index in [1.54, 1.807) is 0 Å². The van der Waals surface area contributed by atoms with Crippen molar-refractivity contribution < 1.29 is 39.6 Å². The molecule has 1 saturated carbocycles. The van der Waals surface area contributed by atoms with Crippen LogP contribution in [0.25, 0.3) is 11.3 Å². The maximum atomic E-state index is 13.7. The molecule has 40 heavy (non-hydrogen) atoms. The van der Waals surface area contributed by atoms with Gasteiger partial charge in [0.2, 0.25) is 21.8 Å². The number of carbonyl (C=O) groups excluding carboxylic acids is 1. The van der Waals surface area contributed by atoms with Gasteiger partial charge in [-0.1, -0.05) is 0 Å². The Morgan fingerprint density at radius 1 is 1.05 bits per heavy atom. The first-order valence-corrected chi connectivity index (χ1v) is 13.5. The lowest BCUT2D eigenvalue weighted by molar-refractivity contribution is -0.145. The minimum Gasteiger partial charge on any atom is -0.351 e. The van der Waals surface area contributed by atoms with Crippen LogP contribution in [-0.2, 0) is 27.5 Å². The van der Waals surface area contributed by atoms with Crippen LogP contribution in [0.4, 0.5) is 26.3 Å². The minimum atomic E-state index is -4.77. The van der Waals surface area contributed by atoms with Crippen LogP contribution in [0.2, 0.25) is 0 Å². The molecule has 212 valence electrons. The van der Waals surface area contributed by atoms with Crippen LogP contribution in [0.1, 0.15) is 36.2 Å². The third-order valence-electron chi connectivity index (χ3n) is 7.21. The number of hydrogen-bond acceptors (Lipinski definition) is 6. The first-order valence-electron chi connectivity index (χ1n) is 12.1. The van der Waals surface area contributed by atoms with Crippen molar-refractivity contribution in [1.82, 2.24) is 24.6 Å². The van der Waals surface area contributed by atoms with Crippen LogP contribution in [0.5, 0.6) is 0 Å². The highest BCUT2D eigenvalue weighted by atomic mass is 32.2. The molecule has 3 heterocycles. The summed E-state index contributed by atoms with van der Waals surface area (Å²) in [6.45, 7) is -0.327. The number of rotatable bonds is 7. The maximum Gasteiger partial charge on any atom is 0.451 e. The summed E-state index contributed by atoms with van der Waals surface area (Å²) in [4.78, 5) is 23.5. The fourth-order valence-electron chi connectivity index (χ4n) is 5.02. The van der Waals surface area contributed by atoms with E-state index in [0.717, 1.165) is 53.6 Å².